The number of carbonyl (C=O) groups is 1. The normalized spacial score (nSPS) is 16.1. The van der Waals surface area contributed by atoms with E-state index in [2.05, 4.69) is 15.2 Å². The molecule has 0 radical (unpaired) electrons. The summed E-state index contributed by atoms with van der Waals surface area (Å²) in [5, 5.41) is 3.46. The average Bonchev–Trinajstić information content (AvgIpc) is 2.47. The van der Waals surface area contributed by atoms with Gasteiger partial charge in [0.15, 0.2) is 0 Å². The Balaban J connectivity index is 1.73. The molecule has 1 N–H and O–H groups in total. The fourth-order valence-corrected chi connectivity index (χ4v) is 2.72. The van der Waals surface area contributed by atoms with Crippen molar-refractivity contribution in [1.29, 1.82) is 0 Å². The van der Waals surface area contributed by atoms with Crippen LogP contribution in [0.3, 0.4) is 0 Å². The average molecular weight is 316 g/mol. The molecule has 0 aliphatic carbocycles. The van der Waals surface area contributed by atoms with Gasteiger partial charge in [-0.25, -0.2) is 4.98 Å². The van der Waals surface area contributed by atoms with Crippen LogP contribution in [0.4, 0.5) is 0 Å². The monoisotopic (exact) mass is 315 g/mol. The molecule has 6 heteroatoms. The Morgan fingerprint density at radius 1 is 1.30 bits per heavy atom. The van der Waals surface area contributed by atoms with Crippen molar-refractivity contribution in [2.24, 2.45) is 0 Å². The number of hydrogen-bond donors (Lipinski definition) is 1. The van der Waals surface area contributed by atoms with E-state index in [0.29, 0.717) is 17.1 Å². The summed E-state index contributed by atoms with van der Waals surface area (Å²) in [5.41, 5.74) is 0.379. The van der Waals surface area contributed by atoms with Crippen molar-refractivity contribution in [2.75, 3.05) is 26.2 Å². The van der Waals surface area contributed by atoms with Crippen LogP contribution in [0, 0.1) is 0 Å². The zero-order valence-corrected chi connectivity index (χ0v) is 12.9. The second-order valence-electron chi connectivity index (χ2n) is 5.00. The number of aromatic nitrogens is 1. The molecule has 0 unspecified atom stereocenters. The molecule has 4 nitrogen and oxygen atoms in total. The zero-order valence-electron chi connectivity index (χ0n) is 11.4. The van der Waals surface area contributed by atoms with Gasteiger partial charge in [0.05, 0.1) is 10.6 Å². The standard InChI is InChI=1S/C14H19Cl2N3O/c15-12-10-18-13(16)9-11(12)14(20)17-5-4-8-19-6-2-1-3-7-19/h9-10H,1-8H2,(H,17,20). The third kappa shape index (κ3) is 4.62. The SMILES string of the molecule is O=C(NCCCN1CCCCC1)c1cc(Cl)ncc1Cl. The smallest absolute Gasteiger partial charge is 0.252 e. The first-order chi connectivity index (χ1) is 9.66. The number of nitrogens with one attached hydrogen (secondary N) is 1. The first-order valence-electron chi connectivity index (χ1n) is 6.98. The maximum absolute atomic E-state index is 12.0. The van der Waals surface area contributed by atoms with Crippen LogP contribution in [-0.2, 0) is 0 Å². The molecule has 1 aliphatic rings. The number of piperidine rings is 1. The molecule has 0 bridgehead atoms. The fourth-order valence-electron chi connectivity index (χ4n) is 2.37. The molecular formula is C14H19Cl2N3O. The highest BCUT2D eigenvalue weighted by Gasteiger charge is 2.12. The van der Waals surface area contributed by atoms with Crippen LogP contribution in [0.1, 0.15) is 36.0 Å². The van der Waals surface area contributed by atoms with Gasteiger partial charge in [0.2, 0.25) is 0 Å². The quantitative estimate of drug-likeness (QED) is 0.671. The Kier molecular flexibility index (Phi) is 6.07. The van der Waals surface area contributed by atoms with Crippen LogP contribution in [0.25, 0.3) is 0 Å². The summed E-state index contributed by atoms with van der Waals surface area (Å²) in [6.45, 7) is 4.04. The maximum Gasteiger partial charge on any atom is 0.252 e. The molecule has 1 amide bonds. The summed E-state index contributed by atoms with van der Waals surface area (Å²) in [5.74, 6) is -0.196. The minimum absolute atomic E-state index is 0.196. The van der Waals surface area contributed by atoms with E-state index < -0.39 is 0 Å². The van der Waals surface area contributed by atoms with E-state index >= 15 is 0 Å². The summed E-state index contributed by atoms with van der Waals surface area (Å²) in [7, 11) is 0. The van der Waals surface area contributed by atoms with Crippen LogP contribution in [0.2, 0.25) is 10.2 Å². The second kappa shape index (κ2) is 7.81. The number of likely N-dealkylation sites (tertiary alicyclic amines) is 1. The van der Waals surface area contributed by atoms with Gasteiger partial charge in [0.1, 0.15) is 5.15 Å². The number of nitrogens with zero attached hydrogens (tertiary/aromatic N) is 2. The van der Waals surface area contributed by atoms with Gasteiger partial charge in [-0.2, -0.15) is 0 Å². The number of carbonyl (C=O) groups excluding carboxylic acids is 1. The minimum Gasteiger partial charge on any atom is -0.352 e. The van der Waals surface area contributed by atoms with E-state index in [-0.39, 0.29) is 11.1 Å². The Labute approximate surface area is 129 Å². The summed E-state index contributed by atoms with van der Waals surface area (Å²) >= 11 is 11.7. The third-order valence-corrected chi connectivity index (χ3v) is 3.96. The van der Waals surface area contributed by atoms with Crippen LogP contribution in [0.5, 0.6) is 0 Å². The molecule has 0 saturated carbocycles. The molecule has 2 rings (SSSR count). The van der Waals surface area contributed by atoms with Gasteiger partial charge in [-0.15, -0.1) is 0 Å². The molecule has 1 saturated heterocycles. The molecule has 2 heterocycles. The summed E-state index contributed by atoms with van der Waals surface area (Å²) in [6, 6.07) is 1.49. The van der Waals surface area contributed by atoms with E-state index in [1.807, 2.05) is 0 Å². The van der Waals surface area contributed by atoms with Gasteiger partial charge in [0.25, 0.3) is 5.91 Å². The summed E-state index contributed by atoms with van der Waals surface area (Å²) in [6.07, 6.45) is 6.26. The van der Waals surface area contributed by atoms with E-state index in [4.69, 9.17) is 23.2 Å². The molecule has 1 aromatic rings. The number of hydrogen-bond acceptors (Lipinski definition) is 3. The van der Waals surface area contributed by atoms with Crippen molar-refractivity contribution in [3.63, 3.8) is 0 Å². The molecule has 0 atom stereocenters. The first kappa shape index (κ1) is 15.5. The predicted molar refractivity (Wildman–Crippen MR) is 81.5 cm³/mol. The predicted octanol–water partition coefficient (Wildman–Crippen LogP) is 2.99. The molecule has 0 aromatic carbocycles. The van der Waals surface area contributed by atoms with Crippen molar-refractivity contribution < 1.29 is 4.79 Å². The molecule has 0 spiro atoms. The lowest BCUT2D eigenvalue weighted by molar-refractivity contribution is 0.0951. The highest BCUT2D eigenvalue weighted by molar-refractivity contribution is 6.35. The number of amides is 1. The molecule has 1 aliphatic heterocycles. The lowest BCUT2D eigenvalue weighted by Crippen LogP contribution is -2.33. The number of rotatable bonds is 5. The van der Waals surface area contributed by atoms with Crippen LogP contribution >= 0.6 is 23.2 Å². The molecule has 110 valence electrons. The molecule has 1 fully saturated rings. The minimum atomic E-state index is -0.196. The van der Waals surface area contributed by atoms with Crippen molar-refractivity contribution in [1.82, 2.24) is 15.2 Å². The van der Waals surface area contributed by atoms with E-state index in [1.54, 1.807) is 0 Å². The topological polar surface area (TPSA) is 45.2 Å². The highest BCUT2D eigenvalue weighted by atomic mass is 35.5. The van der Waals surface area contributed by atoms with E-state index in [0.717, 1.165) is 13.0 Å². The largest absolute Gasteiger partial charge is 0.352 e. The number of halogens is 2. The molecule has 1 aromatic heterocycles. The van der Waals surface area contributed by atoms with Crippen molar-refractivity contribution in [3.8, 4) is 0 Å². The van der Waals surface area contributed by atoms with Gasteiger partial charge in [0, 0.05) is 12.7 Å². The maximum atomic E-state index is 12.0. The first-order valence-corrected chi connectivity index (χ1v) is 7.74. The highest BCUT2D eigenvalue weighted by Crippen LogP contribution is 2.17. The van der Waals surface area contributed by atoms with Gasteiger partial charge >= 0.3 is 0 Å². The van der Waals surface area contributed by atoms with Gasteiger partial charge < -0.3 is 10.2 Å². The van der Waals surface area contributed by atoms with E-state index in [1.165, 1.54) is 44.6 Å². The van der Waals surface area contributed by atoms with E-state index in [9.17, 15) is 4.79 Å². The van der Waals surface area contributed by atoms with Gasteiger partial charge in [-0.1, -0.05) is 29.6 Å². The lowest BCUT2D eigenvalue weighted by atomic mass is 10.1. The van der Waals surface area contributed by atoms with Crippen molar-refractivity contribution in [3.05, 3.63) is 28.0 Å². The van der Waals surface area contributed by atoms with Gasteiger partial charge in [-0.05, 0) is 45.0 Å². The zero-order chi connectivity index (χ0) is 14.4. The Morgan fingerprint density at radius 3 is 2.80 bits per heavy atom. The Bertz CT molecular complexity index is 462. The van der Waals surface area contributed by atoms with Crippen LogP contribution < -0.4 is 5.32 Å². The lowest BCUT2D eigenvalue weighted by Gasteiger charge is -2.26. The van der Waals surface area contributed by atoms with Gasteiger partial charge in [-0.3, -0.25) is 4.79 Å². The van der Waals surface area contributed by atoms with Crippen molar-refractivity contribution >= 4 is 29.1 Å². The summed E-state index contributed by atoms with van der Waals surface area (Å²) in [4.78, 5) is 18.2. The third-order valence-electron chi connectivity index (χ3n) is 3.45. The van der Waals surface area contributed by atoms with Crippen LogP contribution in [0.15, 0.2) is 12.3 Å². The Morgan fingerprint density at radius 2 is 2.05 bits per heavy atom. The fraction of sp³-hybridized carbons (Fsp3) is 0.571. The van der Waals surface area contributed by atoms with Crippen molar-refractivity contribution in [2.45, 2.75) is 25.7 Å². The second-order valence-corrected chi connectivity index (χ2v) is 5.79. The Hall–Kier alpha value is -0.840. The molecule has 20 heavy (non-hydrogen) atoms. The number of pyridine rings is 1. The molecular weight excluding hydrogens is 297 g/mol. The summed E-state index contributed by atoms with van der Waals surface area (Å²) < 4.78 is 0. The van der Waals surface area contributed by atoms with Crippen LogP contribution in [-0.4, -0.2) is 42.0 Å².